The number of allylic oxidation sites excluding steroid dienone is 1. The van der Waals surface area contributed by atoms with Gasteiger partial charge in [0.15, 0.2) is 5.79 Å². The fourth-order valence-corrected chi connectivity index (χ4v) is 7.43. The van der Waals surface area contributed by atoms with Crippen LogP contribution in [0.2, 0.25) is 0 Å². The van der Waals surface area contributed by atoms with Gasteiger partial charge < -0.3 is 19.7 Å². The Morgan fingerprint density at radius 2 is 1.76 bits per heavy atom. The summed E-state index contributed by atoms with van der Waals surface area (Å²) in [6.45, 7) is 4.69. The van der Waals surface area contributed by atoms with E-state index in [4.69, 9.17) is 9.47 Å². The maximum absolute atomic E-state index is 10.9. The van der Waals surface area contributed by atoms with Gasteiger partial charge in [0, 0.05) is 19.6 Å². The highest BCUT2D eigenvalue weighted by molar-refractivity contribution is 5.26. The van der Waals surface area contributed by atoms with E-state index in [0.29, 0.717) is 17.8 Å². The van der Waals surface area contributed by atoms with Crippen LogP contribution >= 0.6 is 0 Å². The summed E-state index contributed by atoms with van der Waals surface area (Å²) >= 11 is 0. The molecule has 0 bridgehead atoms. The fourth-order valence-electron chi connectivity index (χ4n) is 7.43. The zero-order valence-electron chi connectivity index (χ0n) is 16.1. The monoisotopic (exact) mass is 350 g/mol. The Bertz CT molecular complexity index is 568. The summed E-state index contributed by atoms with van der Waals surface area (Å²) < 4.78 is 11.7. The molecule has 0 heterocycles. The second kappa shape index (κ2) is 5.79. The average Bonchev–Trinajstić information content (AvgIpc) is 2.82. The minimum atomic E-state index is -0.879. The Morgan fingerprint density at radius 1 is 1.04 bits per heavy atom. The van der Waals surface area contributed by atoms with E-state index >= 15 is 0 Å². The Kier molecular flexibility index (Phi) is 4.16. The van der Waals surface area contributed by atoms with Gasteiger partial charge in [-0.05, 0) is 68.1 Å². The van der Waals surface area contributed by atoms with Crippen LogP contribution in [0, 0.1) is 28.6 Å². The van der Waals surface area contributed by atoms with Crippen molar-refractivity contribution in [1.82, 2.24) is 0 Å². The van der Waals surface area contributed by atoms with Crippen LogP contribution in [0.1, 0.15) is 58.8 Å². The van der Waals surface area contributed by atoms with Gasteiger partial charge in [-0.25, -0.2) is 0 Å². The van der Waals surface area contributed by atoms with Gasteiger partial charge in [-0.3, -0.25) is 0 Å². The molecule has 0 saturated heterocycles. The van der Waals surface area contributed by atoms with Gasteiger partial charge in [0.2, 0.25) is 0 Å². The molecule has 7 atom stereocenters. The number of hydrogen-bond acceptors (Lipinski definition) is 4. The topological polar surface area (TPSA) is 58.9 Å². The smallest absolute Gasteiger partial charge is 0.199 e. The van der Waals surface area contributed by atoms with E-state index in [2.05, 4.69) is 19.9 Å². The molecule has 0 radical (unpaired) electrons. The van der Waals surface area contributed by atoms with Gasteiger partial charge in [0.1, 0.15) is 6.10 Å². The molecule has 0 aromatic heterocycles. The van der Waals surface area contributed by atoms with Crippen molar-refractivity contribution in [2.75, 3.05) is 14.2 Å². The quantitative estimate of drug-likeness (QED) is 0.593. The third-order valence-electron chi connectivity index (χ3n) is 8.79. The second-order valence-corrected chi connectivity index (χ2v) is 9.44. The zero-order valence-corrected chi connectivity index (χ0v) is 16.1. The summed E-state index contributed by atoms with van der Waals surface area (Å²) in [5, 5.41) is 21.0. The molecule has 4 rings (SSSR count). The molecular weight excluding hydrogens is 316 g/mol. The van der Waals surface area contributed by atoms with Crippen molar-refractivity contribution >= 4 is 0 Å². The second-order valence-electron chi connectivity index (χ2n) is 9.44. The summed E-state index contributed by atoms with van der Waals surface area (Å²) in [6, 6.07) is 0. The van der Waals surface area contributed by atoms with Crippen LogP contribution in [-0.4, -0.2) is 42.4 Å². The Labute approximate surface area is 151 Å². The normalized spacial score (nSPS) is 51.3. The molecular formula is C21H34O4. The average molecular weight is 350 g/mol. The van der Waals surface area contributed by atoms with E-state index in [1.807, 2.05) is 0 Å². The third kappa shape index (κ3) is 2.14. The van der Waals surface area contributed by atoms with Gasteiger partial charge in [-0.2, -0.15) is 0 Å². The van der Waals surface area contributed by atoms with Crippen LogP contribution in [0.15, 0.2) is 11.6 Å². The van der Waals surface area contributed by atoms with Crippen molar-refractivity contribution in [2.24, 2.45) is 28.6 Å². The Balaban J connectivity index is 1.70. The third-order valence-corrected chi connectivity index (χ3v) is 8.79. The summed E-state index contributed by atoms with van der Waals surface area (Å²) in [4.78, 5) is 0. The highest BCUT2D eigenvalue weighted by atomic mass is 16.7. The standard InChI is InChI=1S/C21H34O4/c1-19-9-7-14(22)11-13(19)5-6-15-16(19)8-10-20(2)17(15)12-18(23)21(20,24-3)25-4/h5,14-18,22-23H,6-12H2,1-4H3/t14-,15+,16-,17-,18+,19-,20-/m0/s1. The first-order valence-electron chi connectivity index (χ1n) is 9.98. The predicted molar refractivity (Wildman–Crippen MR) is 95.8 cm³/mol. The van der Waals surface area contributed by atoms with Crippen molar-refractivity contribution in [2.45, 2.75) is 76.8 Å². The van der Waals surface area contributed by atoms with Crippen LogP contribution in [0.4, 0.5) is 0 Å². The largest absolute Gasteiger partial charge is 0.393 e. The molecule has 4 nitrogen and oxygen atoms in total. The van der Waals surface area contributed by atoms with Crippen LogP contribution in [-0.2, 0) is 9.47 Å². The van der Waals surface area contributed by atoms with E-state index in [1.54, 1.807) is 14.2 Å². The number of hydrogen-bond donors (Lipinski definition) is 2. The molecule has 0 aromatic rings. The molecule has 25 heavy (non-hydrogen) atoms. The lowest BCUT2D eigenvalue weighted by atomic mass is 9.47. The number of methoxy groups -OCH3 is 2. The lowest BCUT2D eigenvalue weighted by Gasteiger charge is -2.58. The van der Waals surface area contributed by atoms with Crippen molar-refractivity contribution in [3.63, 3.8) is 0 Å². The molecule has 0 unspecified atom stereocenters. The lowest BCUT2D eigenvalue weighted by molar-refractivity contribution is -0.306. The minimum Gasteiger partial charge on any atom is -0.393 e. The summed E-state index contributed by atoms with van der Waals surface area (Å²) in [6.07, 6.45) is 8.57. The predicted octanol–water partition coefficient (Wildman–Crippen LogP) is 3.27. The summed E-state index contributed by atoms with van der Waals surface area (Å²) in [7, 11) is 3.35. The van der Waals surface area contributed by atoms with Crippen molar-refractivity contribution in [1.29, 1.82) is 0 Å². The highest BCUT2D eigenvalue weighted by Gasteiger charge is 2.68. The van der Waals surface area contributed by atoms with Gasteiger partial charge in [0.25, 0.3) is 0 Å². The molecule has 2 N–H and O–H groups in total. The molecule has 3 saturated carbocycles. The molecule has 4 aliphatic rings. The fraction of sp³-hybridized carbons (Fsp3) is 0.905. The van der Waals surface area contributed by atoms with Gasteiger partial charge >= 0.3 is 0 Å². The maximum Gasteiger partial charge on any atom is 0.199 e. The van der Waals surface area contributed by atoms with E-state index in [1.165, 1.54) is 5.57 Å². The first-order chi connectivity index (χ1) is 11.8. The molecule has 0 spiro atoms. The molecule has 0 amide bonds. The SMILES string of the molecule is COC1(OC)[C@H](O)C[C@H]2[C@@H]3CC=C4C[C@@H](O)CC[C@]4(C)[C@H]3CC[C@@]21C. The van der Waals surface area contributed by atoms with Crippen molar-refractivity contribution < 1.29 is 19.7 Å². The van der Waals surface area contributed by atoms with Gasteiger partial charge in [0.05, 0.1) is 6.10 Å². The van der Waals surface area contributed by atoms with E-state index in [0.717, 1.165) is 44.9 Å². The molecule has 0 aromatic carbocycles. The minimum absolute atomic E-state index is 0.146. The first-order valence-corrected chi connectivity index (χ1v) is 9.98. The van der Waals surface area contributed by atoms with Crippen LogP contribution in [0.5, 0.6) is 0 Å². The molecule has 142 valence electrons. The Morgan fingerprint density at radius 3 is 2.44 bits per heavy atom. The number of rotatable bonds is 2. The number of fused-ring (bicyclic) bond motifs is 5. The number of aliphatic hydroxyl groups excluding tert-OH is 2. The molecule has 0 aliphatic heterocycles. The maximum atomic E-state index is 10.9. The number of aliphatic hydroxyl groups is 2. The first kappa shape index (κ1) is 18.0. The summed E-state index contributed by atoms with van der Waals surface area (Å²) in [5.74, 6) is 0.762. The van der Waals surface area contributed by atoms with E-state index < -0.39 is 11.9 Å². The Hall–Kier alpha value is -0.420. The van der Waals surface area contributed by atoms with Gasteiger partial charge in [-0.1, -0.05) is 25.5 Å². The molecule has 3 fully saturated rings. The van der Waals surface area contributed by atoms with Crippen LogP contribution < -0.4 is 0 Å². The molecule has 4 heteroatoms. The molecule has 4 aliphatic carbocycles. The lowest BCUT2D eigenvalue weighted by Crippen LogP contribution is -2.58. The van der Waals surface area contributed by atoms with Crippen LogP contribution in [0.3, 0.4) is 0 Å². The van der Waals surface area contributed by atoms with Crippen molar-refractivity contribution in [3.8, 4) is 0 Å². The number of ether oxygens (including phenoxy) is 2. The summed E-state index contributed by atoms with van der Waals surface area (Å²) in [5.41, 5.74) is 1.56. The zero-order chi connectivity index (χ0) is 18.0. The highest BCUT2D eigenvalue weighted by Crippen LogP contribution is 2.67. The van der Waals surface area contributed by atoms with E-state index in [9.17, 15) is 10.2 Å². The van der Waals surface area contributed by atoms with Crippen LogP contribution in [0.25, 0.3) is 0 Å². The van der Waals surface area contributed by atoms with Gasteiger partial charge in [-0.15, -0.1) is 0 Å². The van der Waals surface area contributed by atoms with E-state index in [-0.39, 0.29) is 16.9 Å². The van der Waals surface area contributed by atoms with Crippen molar-refractivity contribution in [3.05, 3.63) is 11.6 Å².